The van der Waals surface area contributed by atoms with Crippen molar-refractivity contribution in [1.82, 2.24) is 9.47 Å². The fourth-order valence-electron chi connectivity index (χ4n) is 3.44. The normalized spacial score (nSPS) is 17.8. The molecule has 0 spiro atoms. The van der Waals surface area contributed by atoms with E-state index in [0.29, 0.717) is 17.8 Å². The summed E-state index contributed by atoms with van der Waals surface area (Å²) < 4.78 is 2.12. The standard InChI is InChI=1S/C19H23N3O2/c1-14(23)15-7-3-4-8-16(15)20-19(24)13-22-12-6-10-18(22)17-9-5-11-21(17)2/h3-5,7-9,11,18H,6,10,12-13H2,1-2H3,(H,20,24). The topological polar surface area (TPSA) is 54.3 Å². The number of anilines is 1. The van der Waals surface area contributed by atoms with Gasteiger partial charge in [-0.15, -0.1) is 0 Å². The summed E-state index contributed by atoms with van der Waals surface area (Å²) >= 11 is 0. The Hall–Kier alpha value is -2.40. The zero-order valence-corrected chi connectivity index (χ0v) is 14.2. The minimum atomic E-state index is -0.0789. The molecule has 0 saturated carbocycles. The minimum absolute atomic E-state index is 0.0474. The highest BCUT2D eigenvalue weighted by Gasteiger charge is 2.29. The van der Waals surface area contributed by atoms with E-state index >= 15 is 0 Å². The number of Topliss-reactive ketones (excluding diaryl/α,β-unsaturated/α-hetero) is 1. The first kappa shape index (κ1) is 16.5. The lowest BCUT2D eigenvalue weighted by Gasteiger charge is -2.24. The molecule has 126 valence electrons. The lowest BCUT2D eigenvalue weighted by molar-refractivity contribution is -0.117. The molecule has 0 radical (unpaired) electrons. The molecule has 1 atom stereocenters. The molecule has 1 fully saturated rings. The molecule has 1 amide bonds. The maximum absolute atomic E-state index is 12.5. The van der Waals surface area contributed by atoms with Crippen molar-refractivity contribution >= 4 is 17.4 Å². The molecule has 1 saturated heterocycles. The van der Waals surface area contributed by atoms with Crippen molar-refractivity contribution in [2.24, 2.45) is 7.05 Å². The Morgan fingerprint density at radius 1 is 1.21 bits per heavy atom. The number of nitrogens with one attached hydrogen (secondary N) is 1. The summed E-state index contributed by atoms with van der Waals surface area (Å²) in [6.07, 6.45) is 4.19. The summed E-state index contributed by atoms with van der Waals surface area (Å²) in [6.45, 7) is 2.76. The van der Waals surface area contributed by atoms with Crippen LogP contribution in [0.2, 0.25) is 0 Å². The second-order valence-corrected chi connectivity index (χ2v) is 6.32. The van der Waals surface area contributed by atoms with Gasteiger partial charge < -0.3 is 9.88 Å². The molecular formula is C19H23N3O2. The van der Waals surface area contributed by atoms with Crippen LogP contribution >= 0.6 is 0 Å². The van der Waals surface area contributed by atoms with Gasteiger partial charge >= 0.3 is 0 Å². The number of benzene rings is 1. The van der Waals surface area contributed by atoms with Crippen molar-refractivity contribution in [3.8, 4) is 0 Å². The van der Waals surface area contributed by atoms with Crippen molar-refractivity contribution in [2.45, 2.75) is 25.8 Å². The number of rotatable bonds is 5. The van der Waals surface area contributed by atoms with Crippen molar-refractivity contribution < 1.29 is 9.59 Å². The lowest BCUT2D eigenvalue weighted by atomic mass is 10.1. The summed E-state index contributed by atoms with van der Waals surface area (Å²) in [6, 6.07) is 11.6. The van der Waals surface area contributed by atoms with Crippen LogP contribution in [0.15, 0.2) is 42.6 Å². The number of aromatic nitrogens is 1. The van der Waals surface area contributed by atoms with E-state index in [2.05, 4.69) is 20.9 Å². The summed E-state index contributed by atoms with van der Waals surface area (Å²) in [5.41, 5.74) is 2.38. The van der Waals surface area contributed by atoms with E-state index < -0.39 is 0 Å². The third-order valence-corrected chi connectivity index (χ3v) is 4.62. The van der Waals surface area contributed by atoms with Crippen LogP contribution in [0, 0.1) is 0 Å². The number of carbonyl (C=O) groups excluding carboxylic acids is 2. The van der Waals surface area contributed by atoms with Gasteiger partial charge in [0.2, 0.25) is 5.91 Å². The molecule has 1 unspecified atom stereocenters. The van der Waals surface area contributed by atoms with E-state index in [-0.39, 0.29) is 17.7 Å². The van der Waals surface area contributed by atoms with Crippen LogP contribution < -0.4 is 5.32 Å². The minimum Gasteiger partial charge on any atom is -0.353 e. The van der Waals surface area contributed by atoms with Gasteiger partial charge in [0.1, 0.15) is 0 Å². The molecule has 2 aromatic rings. The molecular weight excluding hydrogens is 302 g/mol. The summed E-state index contributed by atoms with van der Waals surface area (Å²) in [5, 5.41) is 2.89. The molecule has 2 heterocycles. The van der Waals surface area contributed by atoms with Crippen molar-refractivity contribution in [1.29, 1.82) is 0 Å². The van der Waals surface area contributed by atoms with Crippen LogP contribution in [0.5, 0.6) is 0 Å². The number of carbonyl (C=O) groups is 2. The van der Waals surface area contributed by atoms with Gasteiger partial charge in [0.15, 0.2) is 5.78 Å². The zero-order valence-electron chi connectivity index (χ0n) is 14.2. The van der Waals surface area contributed by atoms with Gasteiger partial charge in [-0.05, 0) is 50.6 Å². The third-order valence-electron chi connectivity index (χ3n) is 4.62. The van der Waals surface area contributed by atoms with E-state index in [4.69, 9.17) is 0 Å². The van der Waals surface area contributed by atoms with Crippen LogP contribution in [0.25, 0.3) is 0 Å². The predicted octanol–water partition coefficient (Wildman–Crippen LogP) is 3.00. The van der Waals surface area contributed by atoms with Crippen molar-refractivity contribution in [3.05, 3.63) is 53.9 Å². The molecule has 5 nitrogen and oxygen atoms in total. The van der Waals surface area contributed by atoms with Crippen LogP contribution in [-0.2, 0) is 11.8 Å². The largest absolute Gasteiger partial charge is 0.353 e. The first-order valence-corrected chi connectivity index (χ1v) is 8.31. The summed E-state index contributed by atoms with van der Waals surface area (Å²) in [4.78, 5) is 26.4. The van der Waals surface area contributed by atoms with Gasteiger partial charge in [0.05, 0.1) is 18.3 Å². The maximum Gasteiger partial charge on any atom is 0.238 e. The molecule has 1 N–H and O–H groups in total. The number of aryl methyl sites for hydroxylation is 1. The fourth-order valence-corrected chi connectivity index (χ4v) is 3.44. The number of hydrogen-bond donors (Lipinski definition) is 1. The second-order valence-electron chi connectivity index (χ2n) is 6.32. The number of amides is 1. The molecule has 5 heteroatoms. The van der Waals surface area contributed by atoms with Crippen molar-refractivity contribution in [3.63, 3.8) is 0 Å². The number of nitrogens with zero attached hydrogens (tertiary/aromatic N) is 2. The Kier molecular flexibility index (Phi) is 4.81. The van der Waals surface area contributed by atoms with Gasteiger partial charge in [0, 0.05) is 24.5 Å². The van der Waals surface area contributed by atoms with Crippen LogP contribution in [0.3, 0.4) is 0 Å². The molecule has 1 aromatic heterocycles. The number of para-hydroxylation sites is 1. The van der Waals surface area contributed by atoms with Gasteiger partial charge in [-0.25, -0.2) is 0 Å². The predicted molar refractivity (Wildman–Crippen MR) is 94.0 cm³/mol. The Labute approximate surface area is 142 Å². The Morgan fingerprint density at radius 3 is 2.71 bits per heavy atom. The highest BCUT2D eigenvalue weighted by atomic mass is 16.2. The Morgan fingerprint density at radius 2 is 2.00 bits per heavy atom. The molecule has 24 heavy (non-hydrogen) atoms. The first-order valence-electron chi connectivity index (χ1n) is 8.31. The van der Waals surface area contributed by atoms with Gasteiger partial charge in [-0.3, -0.25) is 14.5 Å². The fraction of sp³-hybridized carbons (Fsp3) is 0.368. The number of ketones is 1. The van der Waals surface area contributed by atoms with E-state index in [1.165, 1.54) is 12.6 Å². The van der Waals surface area contributed by atoms with E-state index in [9.17, 15) is 9.59 Å². The van der Waals surface area contributed by atoms with Crippen molar-refractivity contribution in [2.75, 3.05) is 18.4 Å². The molecule has 1 aliphatic rings. The highest BCUT2D eigenvalue weighted by Crippen LogP contribution is 2.31. The number of likely N-dealkylation sites (tertiary alicyclic amines) is 1. The summed E-state index contributed by atoms with van der Waals surface area (Å²) in [5.74, 6) is -0.126. The average molecular weight is 325 g/mol. The van der Waals surface area contributed by atoms with E-state index in [1.54, 1.807) is 18.2 Å². The molecule has 1 aromatic carbocycles. The quantitative estimate of drug-likeness (QED) is 0.860. The Balaban J connectivity index is 1.69. The smallest absolute Gasteiger partial charge is 0.238 e. The number of hydrogen-bond acceptors (Lipinski definition) is 3. The molecule has 1 aliphatic heterocycles. The highest BCUT2D eigenvalue weighted by molar-refractivity contribution is 6.04. The summed E-state index contributed by atoms with van der Waals surface area (Å²) in [7, 11) is 2.04. The molecule has 3 rings (SSSR count). The maximum atomic E-state index is 12.5. The Bertz CT molecular complexity index is 751. The van der Waals surface area contributed by atoms with Gasteiger partial charge in [-0.2, -0.15) is 0 Å². The molecule has 0 aliphatic carbocycles. The second kappa shape index (κ2) is 7.01. The SMILES string of the molecule is CC(=O)c1ccccc1NC(=O)CN1CCCC1c1cccn1C. The zero-order chi connectivity index (χ0) is 17.1. The molecule has 0 bridgehead atoms. The van der Waals surface area contributed by atoms with Crippen LogP contribution in [0.4, 0.5) is 5.69 Å². The van der Waals surface area contributed by atoms with E-state index in [0.717, 1.165) is 19.4 Å². The lowest BCUT2D eigenvalue weighted by Crippen LogP contribution is -2.33. The van der Waals surface area contributed by atoms with E-state index in [1.807, 2.05) is 25.4 Å². The third kappa shape index (κ3) is 3.41. The van der Waals surface area contributed by atoms with Crippen LogP contribution in [0.1, 0.15) is 41.9 Å². The average Bonchev–Trinajstić information content (AvgIpc) is 3.16. The van der Waals surface area contributed by atoms with Gasteiger partial charge in [0.25, 0.3) is 0 Å². The first-order chi connectivity index (χ1) is 11.6. The van der Waals surface area contributed by atoms with Crippen LogP contribution in [-0.4, -0.2) is 34.2 Å². The monoisotopic (exact) mass is 325 g/mol. The van der Waals surface area contributed by atoms with Gasteiger partial charge in [-0.1, -0.05) is 12.1 Å².